The highest BCUT2D eigenvalue weighted by molar-refractivity contribution is 7.21. The van der Waals surface area contributed by atoms with Crippen LogP contribution in [0.25, 0.3) is 10.2 Å². The number of methoxy groups -OCH3 is 1. The van der Waals surface area contributed by atoms with E-state index in [-0.39, 0.29) is 16.1 Å². The predicted molar refractivity (Wildman–Crippen MR) is 112 cm³/mol. The number of amides is 1. The maximum Gasteiger partial charge on any atom is 0.350 e. The van der Waals surface area contributed by atoms with Gasteiger partial charge in [-0.15, -0.1) is 11.3 Å². The number of nitrogens with one attached hydrogen (secondary N) is 1. The lowest BCUT2D eigenvalue weighted by Gasteiger charge is -2.20. The van der Waals surface area contributed by atoms with Crippen molar-refractivity contribution < 1.29 is 18.7 Å². The van der Waals surface area contributed by atoms with Crippen LogP contribution in [-0.4, -0.2) is 42.0 Å². The Morgan fingerprint density at radius 3 is 2.62 bits per heavy atom. The minimum Gasteiger partial charge on any atom is -0.465 e. The summed E-state index contributed by atoms with van der Waals surface area (Å²) in [5, 5.41) is 3.27. The molecule has 0 aliphatic rings. The first kappa shape index (κ1) is 20.9. The number of hydrogen-bond donors (Lipinski definition) is 1. The van der Waals surface area contributed by atoms with E-state index in [9.17, 15) is 14.0 Å². The van der Waals surface area contributed by atoms with Crippen LogP contribution in [0, 0.1) is 5.82 Å². The summed E-state index contributed by atoms with van der Waals surface area (Å²) in [6.45, 7) is 4.83. The number of nitrogens with zero attached hydrogens (tertiary/aromatic N) is 2. The number of anilines is 1. The minimum absolute atomic E-state index is 0.106. The first-order valence-electron chi connectivity index (χ1n) is 9.08. The second kappa shape index (κ2) is 8.67. The number of carbonyl (C=O) groups is 2. The average Bonchev–Trinajstić information content (AvgIpc) is 3.05. The molecule has 0 aliphatic heterocycles. The van der Waals surface area contributed by atoms with Crippen molar-refractivity contribution in [2.75, 3.05) is 19.5 Å². The Bertz CT molecular complexity index is 1060. The van der Waals surface area contributed by atoms with Crippen LogP contribution in [0.3, 0.4) is 0 Å². The van der Waals surface area contributed by atoms with Gasteiger partial charge in [-0.3, -0.25) is 9.69 Å². The van der Waals surface area contributed by atoms with E-state index in [1.165, 1.54) is 25.3 Å². The lowest BCUT2D eigenvalue weighted by atomic mass is 10.1. The normalized spacial score (nSPS) is 11.3. The van der Waals surface area contributed by atoms with Gasteiger partial charge in [0.25, 0.3) is 5.91 Å². The number of esters is 1. The molecule has 0 saturated heterocycles. The van der Waals surface area contributed by atoms with E-state index in [1.807, 2.05) is 19.2 Å². The number of benzene rings is 1. The summed E-state index contributed by atoms with van der Waals surface area (Å²) in [5.41, 5.74) is 1.02. The van der Waals surface area contributed by atoms with Crippen LogP contribution in [0.2, 0.25) is 0 Å². The molecule has 0 aliphatic carbocycles. The Morgan fingerprint density at radius 1 is 1.24 bits per heavy atom. The summed E-state index contributed by atoms with van der Waals surface area (Å²) in [7, 11) is 3.27. The number of ether oxygens (including phenoxy) is 1. The van der Waals surface area contributed by atoms with E-state index in [1.54, 1.807) is 6.07 Å². The Labute approximate surface area is 172 Å². The van der Waals surface area contributed by atoms with Crippen molar-refractivity contribution in [3.63, 3.8) is 0 Å². The highest BCUT2D eigenvalue weighted by atomic mass is 32.1. The van der Waals surface area contributed by atoms with E-state index in [4.69, 9.17) is 4.74 Å². The van der Waals surface area contributed by atoms with Crippen molar-refractivity contribution in [1.29, 1.82) is 0 Å². The third-order valence-corrected chi connectivity index (χ3v) is 5.71. The molecule has 0 bridgehead atoms. The topological polar surface area (TPSA) is 71.5 Å². The van der Waals surface area contributed by atoms with Gasteiger partial charge >= 0.3 is 5.97 Å². The van der Waals surface area contributed by atoms with Crippen LogP contribution in [0.1, 0.15) is 39.6 Å². The van der Waals surface area contributed by atoms with Gasteiger partial charge in [-0.2, -0.15) is 0 Å². The van der Waals surface area contributed by atoms with Crippen LogP contribution in [-0.2, 0) is 11.3 Å². The van der Waals surface area contributed by atoms with Crippen LogP contribution in [0.5, 0.6) is 0 Å². The van der Waals surface area contributed by atoms with Gasteiger partial charge in [0.15, 0.2) is 0 Å². The van der Waals surface area contributed by atoms with Crippen LogP contribution >= 0.6 is 11.3 Å². The average molecular weight is 415 g/mol. The fourth-order valence-corrected chi connectivity index (χ4v) is 3.80. The van der Waals surface area contributed by atoms with E-state index in [2.05, 4.69) is 29.0 Å². The van der Waals surface area contributed by atoms with Crippen molar-refractivity contribution in [1.82, 2.24) is 9.88 Å². The first-order chi connectivity index (χ1) is 13.8. The molecule has 1 aromatic carbocycles. The van der Waals surface area contributed by atoms with Gasteiger partial charge in [-0.25, -0.2) is 14.2 Å². The fraction of sp³-hybridized carbons (Fsp3) is 0.286. The number of thiophene rings is 1. The number of carbonyl (C=O) groups excluding carboxylic acids is 2. The van der Waals surface area contributed by atoms with Gasteiger partial charge in [-0.1, -0.05) is 12.1 Å². The molecular weight excluding hydrogens is 393 g/mol. The summed E-state index contributed by atoms with van der Waals surface area (Å²) < 4.78 is 18.8. The zero-order valence-electron chi connectivity index (χ0n) is 16.7. The van der Waals surface area contributed by atoms with Gasteiger partial charge in [0.2, 0.25) is 0 Å². The fourth-order valence-electron chi connectivity index (χ4n) is 2.73. The van der Waals surface area contributed by atoms with Gasteiger partial charge in [0, 0.05) is 18.0 Å². The number of rotatable bonds is 6. The van der Waals surface area contributed by atoms with E-state index in [0.717, 1.165) is 17.0 Å². The van der Waals surface area contributed by atoms with Gasteiger partial charge < -0.3 is 10.1 Å². The quantitative estimate of drug-likeness (QED) is 0.608. The third-order valence-electron chi connectivity index (χ3n) is 4.63. The number of halogens is 1. The highest BCUT2D eigenvalue weighted by Gasteiger charge is 2.23. The standard InChI is InChI=1S/C21H22FN3O3S/c1-12(2)25(3)11-13-9-10-15-17(18(21(27)28-4)29-20(15)23-13)24-19(26)14-7-5-6-8-16(14)22/h5-10,12H,11H2,1-4H3,(H,24,26). The molecule has 29 heavy (non-hydrogen) atoms. The maximum atomic E-state index is 14.0. The van der Waals surface area contributed by atoms with Crippen molar-refractivity contribution in [3.05, 3.63) is 58.3 Å². The SMILES string of the molecule is COC(=O)c1sc2nc(CN(C)C(C)C)ccc2c1NC(=O)c1ccccc1F. The van der Waals surface area contributed by atoms with Crippen molar-refractivity contribution in [2.45, 2.75) is 26.4 Å². The number of hydrogen-bond acceptors (Lipinski definition) is 6. The van der Waals surface area contributed by atoms with Crippen molar-refractivity contribution >= 4 is 39.1 Å². The van der Waals surface area contributed by atoms with Crippen molar-refractivity contribution in [3.8, 4) is 0 Å². The number of aromatic nitrogens is 1. The predicted octanol–water partition coefficient (Wildman–Crippen LogP) is 4.31. The van der Waals surface area contributed by atoms with E-state index < -0.39 is 17.7 Å². The molecule has 3 rings (SSSR count). The molecule has 0 radical (unpaired) electrons. The largest absolute Gasteiger partial charge is 0.465 e. The molecule has 0 unspecified atom stereocenters. The zero-order chi connectivity index (χ0) is 21.1. The number of fused-ring (bicyclic) bond motifs is 1. The molecule has 152 valence electrons. The summed E-state index contributed by atoms with van der Waals surface area (Å²) in [5.74, 6) is -1.87. The Hall–Kier alpha value is -2.84. The van der Waals surface area contributed by atoms with E-state index in [0.29, 0.717) is 22.8 Å². The number of pyridine rings is 1. The lowest BCUT2D eigenvalue weighted by molar-refractivity contribution is 0.0607. The van der Waals surface area contributed by atoms with Crippen LogP contribution in [0.4, 0.5) is 10.1 Å². The van der Waals surface area contributed by atoms with Gasteiger partial charge in [0.1, 0.15) is 15.5 Å². The van der Waals surface area contributed by atoms with Crippen molar-refractivity contribution in [2.24, 2.45) is 0 Å². The van der Waals surface area contributed by atoms with Crippen LogP contribution in [0.15, 0.2) is 36.4 Å². The second-order valence-corrected chi connectivity index (χ2v) is 7.89. The van der Waals surface area contributed by atoms with Crippen LogP contribution < -0.4 is 5.32 Å². The Morgan fingerprint density at radius 2 is 1.97 bits per heavy atom. The smallest absolute Gasteiger partial charge is 0.350 e. The molecule has 2 aromatic heterocycles. The highest BCUT2D eigenvalue weighted by Crippen LogP contribution is 2.36. The zero-order valence-corrected chi connectivity index (χ0v) is 17.5. The summed E-state index contributed by atoms with van der Waals surface area (Å²) >= 11 is 1.13. The summed E-state index contributed by atoms with van der Waals surface area (Å²) in [6, 6.07) is 9.70. The molecule has 1 N–H and O–H groups in total. The van der Waals surface area contributed by atoms with Gasteiger partial charge in [-0.05, 0) is 45.2 Å². The molecule has 0 atom stereocenters. The first-order valence-corrected chi connectivity index (χ1v) is 9.90. The molecule has 1 amide bonds. The molecule has 0 fully saturated rings. The van der Waals surface area contributed by atoms with Gasteiger partial charge in [0.05, 0.1) is 24.1 Å². The maximum absolute atomic E-state index is 14.0. The molecule has 0 saturated carbocycles. The Balaban J connectivity index is 2.01. The molecular formula is C21H22FN3O3S. The molecule has 2 heterocycles. The van der Waals surface area contributed by atoms with E-state index >= 15 is 0 Å². The third kappa shape index (κ3) is 4.44. The molecule has 3 aromatic rings. The monoisotopic (exact) mass is 415 g/mol. The lowest BCUT2D eigenvalue weighted by Crippen LogP contribution is -2.25. The summed E-state index contributed by atoms with van der Waals surface area (Å²) in [4.78, 5) is 32.5. The summed E-state index contributed by atoms with van der Waals surface area (Å²) in [6.07, 6.45) is 0. The molecule has 0 spiro atoms. The second-order valence-electron chi connectivity index (χ2n) is 6.90. The molecule has 6 nitrogen and oxygen atoms in total. The molecule has 8 heteroatoms. The Kier molecular flexibility index (Phi) is 6.24. The minimum atomic E-state index is -0.642.